The number of aromatic nitrogens is 2. The molecule has 0 unspecified atom stereocenters. The number of benzene rings is 1. The molecule has 0 amide bonds. The van der Waals surface area contributed by atoms with E-state index in [9.17, 15) is 0 Å². The van der Waals surface area contributed by atoms with Gasteiger partial charge >= 0.3 is 0 Å². The van der Waals surface area contributed by atoms with E-state index in [2.05, 4.69) is 31.2 Å². The molecule has 0 saturated heterocycles. The van der Waals surface area contributed by atoms with Crippen LogP contribution in [0.1, 0.15) is 5.82 Å². The SMILES string of the molecule is Cc1nc(Br)cc(Nc2cc(Cl)ccc2Cl)n1. The molecule has 0 atom stereocenters. The van der Waals surface area contributed by atoms with Crippen molar-refractivity contribution in [2.45, 2.75) is 6.92 Å². The van der Waals surface area contributed by atoms with E-state index in [1.165, 1.54) is 0 Å². The van der Waals surface area contributed by atoms with Crippen molar-refractivity contribution < 1.29 is 0 Å². The summed E-state index contributed by atoms with van der Waals surface area (Å²) < 4.78 is 0.714. The van der Waals surface area contributed by atoms with Gasteiger partial charge in [-0.1, -0.05) is 23.2 Å². The highest BCUT2D eigenvalue weighted by Gasteiger charge is 2.04. The molecule has 0 saturated carbocycles. The Morgan fingerprint density at radius 2 is 1.94 bits per heavy atom. The predicted octanol–water partition coefficient (Wildman–Crippen LogP) is 4.60. The van der Waals surface area contributed by atoms with Gasteiger partial charge in [0.15, 0.2) is 0 Å². The molecule has 1 aromatic carbocycles. The lowest BCUT2D eigenvalue weighted by Gasteiger charge is -2.08. The number of hydrogen-bond acceptors (Lipinski definition) is 3. The third-order valence-corrected chi connectivity index (χ3v) is 2.97. The van der Waals surface area contributed by atoms with E-state index >= 15 is 0 Å². The molecule has 0 radical (unpaired) electrons. The van der Waals surface area contributed by atoms with Crippen molar-refractivity contribution in [2.75, 3.05) is 5.32 Å². The smallest absolute Gasteiger partial charge is 0.135 e. The Morgan fingerprint density at radius 3 is 2.65 bits per heavy atom. The second kappa shape index (κ2) is 5.21. The van der Waals surface area contributed by atoms with Crippen LogP contribution in [0.3, 0.4) is 0 Å². The van der Waals surface area contributed by atoms with Crippen molar-refractivity contribution in [3.05, 3.63) is 44.7 Å². The predicted molar refractivity (Wildman–Crippen MR) is 74.2 cm³/mol. The average Bonchev–Trinajstić information content (AvgIpc) is 2.22. The van der Waals surface area contributed by atoms with Crippen LogP contribution >= 0.6 is 39.1 Å². The Labute approximate surface area is 117 Å². The third kappa shape index (κ3) is 3.31. The van der Waals surface area contributed by atoms with Crippen LogP contribution in [-0.2, 0) is 0 Å². The van der Waals surface area contributed by atoms with E-state index in [1.54, 1.807) is 24.3 Å². The van der Waals surface area contributed by atoms with Crippen LogP contribution in [0.15, 0.2) is 28.9 Å². The zero-order valence-electron chi connectivity index (χ0n) is 8.84. The minimum Gasteiger partial charge on any atom is -0.339 e. The molecule has 2 rings (SSSR count). The standard InChI is InChI=1S/C11H8BrCl2N3/c1-6-15-10(12)5-11(16-6)17-9-4-7(13)2-3-8(9)14/h2-5H,1H3,(H,15,16,17). The van der Waals surface area contributed by atoms with E-state index in [-0.39, 0.29) is 0 Å². The number of rotatable bonds is 2. The largest absolute Gasteiger partial charge is 0.339 e. The van der Waals surface area contributed by atoms with Crippen molar-refractivity contribution in [1.82, 2.24) is 9.97 Å². The summed E-state index contributed by atoms with van der Waals surface area (Å²) in [6.07, 6.45) is 0. The lowest BCUT2D eigenvalue weighted by atomic mass is 10.3. The van der Waals surface area contributed by atoms with Crippen molar-refractivity contribution in [3.8, 4) is 0 Å². The first-order valence-electron chi connectivity index (χ1n) is 4.78. The fourth-order valence-corrected chi connectivity index (χ4v) is 2.14. The summed E-state index contributed by atoms with van der Waals surface area (Å²) in [7, 11) is 0. The first-order valence-corrected chi connectivity index (χ1v) is 6.33. The fourth-order valence-electron chi connectivity index (χ4n) is 1.33. The van der Waals surface area contributed by atoms with E-state index in [0.29, 0.717) is 32.0 Å². The normalized spacial score (nSPS) is 10.4. The van der Waals surface area contributed by atoms with Crippen LogP contribution in [0.4, 0.5) is 11.5 Å². The Balaban J connectivity index is 2.34. The van der Waals surface area contributed by atoms with Crippen molar-refractivity contribution >= 4 is 50.6 Å². The molecular formula is C11H8BrCl2N3. The van der Waals surface area contributed by atoms with Crippen molar-refractivity contribution in [3.63, 3.8) is 0 Å². The van der Waals surface area contributed by atoms with E-state index in [0.717, 1.165) is 0 Å². The quantitative estimate of drug-likeness (QED) is 0.817. The lowest BCUT2D eigenvalue weighted by molar-refractivity contribution is 1.04. The van der Waals surface area contributed by atoms with Gasteiger partial charge in [-0.05, 0) is 41.1 Å². The van der Waals surface area contributed by atoms with Gasteiger partial charge in [-0.25, -0.2) is 9.97 Å². The molecule has 0 aliphatic heterocycles. The van der Waals surface area contributed by atoms with Crippen LogP contribution in [0, 0.1) is 6.92 Å². The van der Waals surface area contributed by atoms with Gasteiger partial charge in [0.2, 0.25) is 0 Å². The van der Waals surface area contributed by atoms with Gasteiger partial charge in [-0.2, -0.15) is 0 Å². The number of anilines is 2. The van der Waals surface area contributed by atoms with Crippen LogP contribution in [0.5, 0.6) is 0 Å². The van der Waals surface area contributed by atoms with Crippen LogP contribution < -0.4 is 5.32 Å². The van der Waals surface area contributed by atoms with Gasteiger partial charge in [0.25, 0.3) is 0 Å². The molecule has 3 nitrogen and oxygen atoms in total. The monoisotopic (exact) mass is 331 g/mol. The number of aryl methyl sites for hydroxylation is 1. The summed E-state index contributed by atoms with van der Waals surface area (Å²) in [4.78, 5) is 8.37. The molecule has 1 N–H and O–H groups in total. The third-order valence-electron chi connectivity index (χ3n) is 2.00. The molecule has 88 valence electrons. The molecular weight excluding hydrogens is 325 g/mol. The summed E-state index contributed by atoms with van der Waals surface area (Å²) in [6, 6.07) is 6.98. The number of nitrogens with zero attached hydrogens (tertiary/aromatic N) is 2. The molecule has 1 aromatic heterocycles. The topological polar surface area (TPSA) is 37.8 Å². The molecule has 0 bridgehead atoms. The van der Waals surface area contributed by atoms with Crippen molar-refractivity contribution in [2.24, 2.45) is 0 Å². The maximum Gasteiger partial charge on any atom is 0.135 e. The lowest BCUT2D eigenvalue weighted by Crippen LogP contribution is -1.97. The minimum atomic E-state index is 0.585. The maximum atomic E-state index is 6.05. The van der Waals surface area contributed by atoms with Gasteiger partial charge in [0, 0.05) is 11.1 Å². The molecule has 0 aliphatic rings. The highest BCUT2D eigenvalue weighted by Crippen LogP contribution is 2.28. The van der Waals surface area contributed by atoms with Crippen molar-refractivity contribution in [1.29, 1.82) is 0 Å². The Bertz CT molecular complexity index is 540. The van der Waals surface area contributed by atoms with Gasteiger partial charge in [-0.15, -0.1) is 0 Å². The number of halogens is 3. The van der Waals surface area contributed by atoms with Gasteiger partial charge in [0.05, 0.1) is 10.7 Å². The summed E-state index contributed by atoms with van der Waals surface area (Å²) >= 11 is 15.3. The van der Waals surface area contributed by atoms with Gasteiger partial charge < -0.3 is 5.32 Å². The molecule has 1 heterocycles. The highest BCUT2D eigenvalue weighted by atomic mass is 79.9. The Hall–Kier alpha value is -0.840. The van der Waals surface area contributed by atoms with E-state index < -0.39 is 0 Å². The summed E-state index contributed by atoms with van der Waals surface area (Å²) in [6.45, 7) is 1.81. The maximum absolute atomic E-state index is 6.05. The van der Waals surface area contributed by atoms with Crippen LogP contribution in [0.25, 0.3) is 0 Å². The highest BCUT2D eigenvalue weighted by molar-refractivity contribution is 9.10. The Kier molecular flexibility index (Phi) is 3.86. The molecule has 0 fully saturated rings. The zero-order chi connectivity index (χ0) is 12.4. The van der Waals surface area contributed by atoms with Gasteiger partial charge in [-0.3, -0.25) is 0 Å². The molecule has 6 heteroatoms. The fraction of sp³-hybridized carbons (Fsp3) is 0.0909. The summed E-state index contributed by atoms with van der Waals surface area (Å²) in [5.41, 5.74) is 0.712. The summed E-state index contributed by atoms with van der Waals surface area (Å²) in [5.74, 6) is 1.33. The molecule has 17 heavy (non-hydrogen) atoms. The second-order valence-electron chi connectivity index (χ2n) is 3.37. The number of hydrogen-bond donors (Lipinski definition) is 1. The first kappa shape index (κ1) is 12.6. The summed E-state index contributed by atoms with van der Waals surface area (Å²) in [5, 5.41) is 4.29. The average molecular weight is 333 g/mol. The van der Waals surface area contributed by atoms with Crippen LogP contribution in [0.2, 0.25) is 10.0 Å². The van der Waals surface area contributed by atoms with Gasteiger partial charge in [0.1, 0.15) is 16.2 Å². The zero-order valence-corrected chi connectivity index (χ0v) is 11.9. The first-order chi connectivity index (χ1) is 8.04. The van der Waals surface area contributed by atoms with E-state index in [1.807, 2.05) is 6.92 Å². The molecule has 0 spiro atoms. The molecule has 2 aromatic rings. The number of nitrogens with one attached hydrogen (secondary N) is 1. The second-order valence-corrected chi connectivity index (χ2v) is 5.03. The molecule has 0 aliphatic carbocycles. The Morgan fingerprint density at radius 1 is 1.18 bits per heavy atom. The minimum absolute atomic E-state index is 0.585. The van der Waals surface area contributed by atoms with Crippen LogP contribution in [-0.4, -0.2) is 9.97 Å². The van der Waals surface area contributed by atoms with E-state index in [4.69, 9.17) is 23.2 Å².